The third-order valence-electron chi connectivity index (χ3n) is 5.59. The lowest BCUT2D eigenvalue weighted by molar-refractivity contribution is -0.121. The summed E-state index contributed by atoms with van der Waals surface area (Å²) in [6.07, 6.45) is 1.03. The van der Waals surface area contributed by atoms with Gasteiger partial charge in [-0.3, -0.25) is 9.59 Å². The Kier molecular flexibility index (Phi) is 7.32. The Labute approximate surface area is 199 Å². The molecule has 1 aliphatic heterocycles. The average Bonchev–Trinajstić information content (AvgIpc) is 2.85. The van der Waals surface area contributed by atoms with Gasteiger partial charge in [-0.1, -0.05) is 29.8 Å². The molecule has 7 nitrogen and oxygen atoms in total. The summed E-state index contributed by atoms with van der Waals surface area (Å²) in [5, 5.41) is 2.93. The number of hydrogen-bond donors (Lipinski definition) is 1. The van der Waals surface area contributed by atoms with E-state index < -0.39 is 0 Å². The number of ether oxygens (including phenoxy) is 3. The third kappa shape index (κ3) is 5.86. The number of rotatable bonds is 9. The van der Waals surface area contributed by atoms with Gasteiger partial charge in [-0.05, 0) is 61.4 Å². The predicted molar refractivity (Wildman–Crippen MR) is 131 cm³/mol. The summed E-state index contributed by atoms with van der Waals surface area (Å²) in [5.41, 5.74) is 3.55. The van der Waals surface area contributed by atoms with Gasteiger partial charge in [0.05, 0.1) is 19.3 Å². The first-order valence-corrected chi connectivity index (χ1v) is 11.2. The number of nitrogens with zero attached hydrogens (tertiary/aromatic N) is 1. The standard InChI is InChI=1S/C27H28N2O5/c1-19-3-5-20(6-4-19)7-14-26(30)28-21-8-13-25-24(17-21)29(27(31)18-34-25)15-16-33-23-11-9-22(32-2)10-12-23/h3-6,8-13,17H,7,14-16,18H2,1-2H3,(H,28,30). The number of carbonyl (C=O) groups excluding carboxylic acids is 2. The second-order valence-corrected chi connectivity index (χ2v) is 8.07. The van der Waals surface area contributed by atoms with Crippen LogP contribution in [0.15, 0.2) is 66.7 Å². The zero-order valence-corrected chi connectivity index (χ0v) is 19.4. The van der Waals surface area contributed by atoms with Gasteiger partial charge in [0.1, 0.15) is 23.9 Å². The van der Waals surface area contributed by atoms with Crippen molar-refractivity contribution in [1.82, 2.24) is 0 Å². The maximum absolute atomic E-state index is 12.5. The van der Waals surface area contributed by atoms with E-state index >= 15 is 0 Å². The molecule has 1 aliphatic rings. The molecule has 0 unspecified atom stereocenters. The van der Waals surface area contributed by atoms with Crippen molar-refractivity contribution in [1.29, 1.82) is 0 Å². The Morgan fingerprint density at radius 3 is 2.50 bits per heavy atom. The molecule has 0 saturated heterocycles. The van der Waals surface area contributed by atoms with E-state index in [0.29, 0.717) is 48.9 Å². The van der Waals surface area contributed by atoms with Gasteiger partial charge in [0, 0.05) is 12.1 Å². The van der Waals surface area contributed by atoms with Crippen LogP contribution in [0.2, 0.25) is 0 Å². The minimum atomic E-state index is -0.159. The molecular weight excluding hydrogens is 432 g/mol. The summed E-state index contributed by atoms with van der Waals surface area (Å²) in [5.74, 6) is 1.79. The molecular formula is C27H28N2O5. The second-order valence-electron chi connectivity index (χ2n) is 8.07. The van der Waals surface area contributed by atoms with Crippen molar-refractivity contribution in [2.75, 3.05) is 37.1 Å². The van der Waals surface area contributed by atoms with Crippen molar-refractivity contribution in [3.63, 3.8) is 0 Å². The largest absolute Gasteiger partial charge is 0.497 e. The highest BCUT2D eigenvalue weighted by Crippen LogP contribution is 2.34. The predicted octanol–water partition coefficient (Wildman–Crippen LogP) is 4.38. The molecule has 0 radical (unpaired) electrons. The molecule has 2 amide bonds. The number of carbonyl (C=O) groups is 2. The fourth-order valence-electron chi connectivity index (χ4n) is 3.69. The highest BCUT2D eigenvalue weighted by atomic mass is 16.5. The van der Waals surface area contributed by atoms with E-state index in [4.69, 9.17) is 14.2 Å². The van der Waals surface area contributed by atoms with Crippen LogP contribution >= 0.6 is 0 Å². The van der Waals surface area contributed by atoms with Crippen LogP contribution in [0.25, 0.3) is 0 Å². The Morgan fingerprint density at radius 2 is 1.76 bits per heavy atom. The van der Waals surface area contributed by atoms with Gasteiger partial charge in [0.2, 0.25) is 5.91 Å². The fraction of sp³-hybridized carbons (Fsp3) is 0.259. The van der Waals surface area contributed by atoms with E-state index in [-0.39, 0.29) is 18.4 Å². The molecule has 0 aromatic heterocycles. The van der Waals surface area contributed by atoms with Crippen LogP contribution in [0.5, 0.6) is 17.2 Å². The van der Waals surface area contributed by atoms with Crippen LogP contribution in [-0.4, -0.2) is 38.7 Å². The molecule has 3 aromatic rings. The summed E-state index contributed by atoms with van der Waals surface area (Å²) < 4.78 is 16.5. The van der Waals surface area contributed by atoms with Crippen LogP contribution in [0.1, 0.15) is 17.5 Å². The Balaban J connectivity index is 1.36. The van der Waals surface area contributed by atoms with Gasteiger partial charge in [-0.2, -0.15) is 0 Å². The van der Waals surface area contributed by atoms with Crippen LogP contribution in [0, 0.1) is 6.92 Å². The third-order valence-corrected chi connectivity index (χ3v) is 5.59. The van der Waals surface area contributed by atoms with Crippen LogP contribution in [0.3, 0.4) is 0 Å². The lowest BCUT2D eigenvalue weighted by Crippen LogP contribution is -2.41. The molecule has 176 valence electrons. The summed E-state index contributed by atoms with van der Waals surface area (Å²) >= 11 is 0. The molecule has 0 atom stereocenters. The van der Waals surface area contributed by atoms with Crippen molar-refractivity contribution in [2.24, 2.45) is 0 Å². The molecule has 4 rings (SSSR count). The smallest absolute Gasteiger partial charge is 0.265 e. The summed E-state index contributed by atoms with van der Waals surface area (Å²) in [6.45, 7) is 2.67. The zero-order chi connectivity index (χ0) is 23.9. The van der Waals surface area contributed by atoms with Crippen molar-refractivity contribution in [3.05, 3.63) is 77.9 Å². The van der Waals surface area contributed by atoms with Crippen LogP contribution in [-0.2, 0) is 16.0 Å². The van der Waals surface area contributed by atoms with E-state index in [0.717, 1.165) is 11.3 Å². The molecule has 1 N–H and O–H groups in total. The first-order valence-electron chi connectivity index (χ1n) is 11.2. The number of amides is 2. The number of nitrogens with one attached hydrogen (secondary N) is 1. The molecule has 3 aromatic carbocycles. The summed E-state index contributed by atoms with van der Waals surface area (Å²) in [7, 11) is 1.61. The van der Waals surface area contributed by atoms with E-state index in [1.54, 1.807) is 30.2 Å². The Bertz CT molecular complexity index is 1140. The number of anilines is 2. The van der Waals surface area contributed by atoms with Gasteiger partial charge in [-0.15, -0.1) is 0 Å². The molecule has 0 fully saturated rings. The minimum absolute atomic E-state index is 0.0300. The number of benzene rings is 3. The molecule has 0 aliphatic carbocycles. The molecule has 1 heterocycles. The van der Waals surface area contributed by atoms with E-state index in [1.165, 1.54) is 5.56 Å². The average molecular weight is 461 g/mol. The van der Waals surface area contributed by atoms with E-state index in [9.17, 15) is 9.59 Å². The van der Waals surface area contributed by atoms with Gasteiger partial charge in [0.25, 0.3) is 5.91 Å². The zero-order valence-electron chi connectivity index (χ0n) is 19.4. The maximum atomic E-state index is 12.5. The molecule has 34 heavy (non-hydrogen) atoms. The number of fused-ring (bicyclic) bond motifs is 1. The highest BCUT2D eigenvalue weighted by molar-refractivity contribution is 5.99. The lowest BCUT2D eigenvalue weighted by Gasteiger charge is -2.29. The summed E-state index contributed by atoms with van der Waals surface area (Å²) in [6, 6.07) is 20.8. The molecule has 0 spiro atoms. The Hall–Kier alpha value is -4.00. The quantitative estimate of drug-likeness (QED) is 0.513. The van der Waals surface area contributed by atoms with Crippen molar-refractivity contribution < 1.29 is 23.8 Å². The number of methoxy groups -OCH3 is 1. The normalized spacial score (nSPS) is 12.5. The van der Waals surface area contributed by atoms with Gasteiger partial charge in [0.15, 0.2) is 6.61 Å². The SMILES string of the molecule is COc1ccc(OCCN2C(=O)COc3ccc(NC(=O)CCc4ccc(C)cc4)cc32)cc1. The molecule has 0 saturated carbocycles. The van der Waals surface area contributed by atoms with Crippen LogP contribution < -0.4 is 24.4 Å². The monoisotopic (exact) mass is 460 g/mol. The van der Waals surface area contributed by atoms with Crippen molar-refractivity contribution in [2.45, 2.75) is 19.8 Å². The number of hydrogen-bond acceptors (Lipinski definition) is 5. The van der Waals surface area contributed by atoms with E-state index in [2.05, 4.69) is 5.32 Å². The first kappa shape index (κ1) is 23.2. The van der Waals surface area contributed by atoms with E-state index in [1.807, 2.05) is 55.5 Å². The van der Waals surface area contributed by atoms with Crippen molar-refractivity contribution in [3.8, 4) is 17.2 Å². The fourth-order valence-corrected chi connectivity index (χ4v) is 3.69. The number of aryl methyl sites for hydroxylation is 2. The van der Waals surface area contributed by atoms with Gasteiger partial charge >= 0.3 is 0 Å². The topological polar surface area (TPSA) is 77.1 Å². The molecule has 0 bridgehead atoms. The van der Waals surface area contributed by atoms with Gasteiger partial charge < -0.3 is 24.4 Å². The molecule has 7 heteroatoms. The van der Waals surface area contributed by atoms with Crippen molar-refractivity contribution >= 4 is 23.2 Å². The Morgan fingerprint density at radius 1 is 1.03 bits per heavy atom. The lowest BCUT2D eigenvalue weighted by atomic mass is 10.1. The first-order chi connectivity index (χ1) is 16.5. The highest BCUT2D eigenvalue weighted by Gasteiger charge is 2.26. The summed E-state index contributed by atoms with van der Waals surface area (Å²) in [4.78, 5) is 26.7. The van der Waals surface area contributed by atoms with Crippen LogP contribution in [0.4, 0.5) is 11.4 Å². The van der Waals surface area contributed by atoms with Gasteiger partial charge in [-0.25, -0.2) is 0 Å². The maximum Gasteiger partial charge on any atom is 0.265 e. The second kappa shape index (κ2) is 10.7. The minimum Gasteiger partial charge on any atom is -0.497 e.